The van der Waals surface area contributed by atoms with Crippen molar-refractivity contribution < 1.29 is 14.3 Å². The monoisotopic (exact) mass is 384 g/mol. The number of carbonyl (C=O) groups excluding carboxylic acids is 2. The lowest BCUT2D eigenvalue weighted by Gasteiger charge is -2.06. The molecule has 0 saturated carbocycles. The van der Waals surface area contributed by atoms with Gasteiger partial charge in [-0.15, -0.1) is 0 Å². The number of methoxy groups -OCH3 is 1. The van der Waals surface area contributed by atoms with Crippen LogP contribution in [0.3, 0.4) is 0 Å². The van der Waals surface area contributed by atoms with Gasteiger partial charge in [-0.05, 0) is 42.0 Å². The third kappa shape index (κ3) is 4.31. The van der Waals surface area contributed by atoms with E-state index in [0.717, 1.165) is 10.0 Å². The summed E-state index contributed by atoms with van der Waals surface area (Å²) in [5.41, 5.74) is 1.55. The van der Waals surface area contributed by atoms with Crippen molar-refractivity contribution in [3.8, 4) is 6.07 Å². The zero-order chi connectivity index (χ0) is 17.5. The molecule has 0 radical (unpaired) electrons. The number of carbonyl (C=O) groups is 2. The minimum Gasteiger partial charge on any atom is -0.465 e. The first-order chi connectivity index (χ1) is 11.5. The maximum Gasteiger partial charge on any atom is 0.337 e. The highest BCUT2D eigenvalue weighted by molar-refractivity contribution is 9.10. The lowest BCUT2D eigenvalue weighted by atomic mass is 10.1. The fourth-order valence-electron chi connectivity index (χ4n) is 1.90. The van der Waals surface area contributed by atoms with Crippen molar-refractivity contribution in [2.75, 3.05) is 12.4 Å². The Morgan fingerprint density at radius 2 is 1.83 bits per heavy atom. The van der Waals surface area contributed by atoms with Crippen LogP contribution in [-0.4, -0.2) is 19.0 Å². The molecule has 24 heavy (non-hydrogen) atoms. The molecule has 2 aromatic rings. The molecule has 0 aliphatic carbocycles. The SMILES string of the molecule is COC(=O)c1ccc(NC(=O)/C(C#N)=C\c2ccccc2Br)cc1. The number of rotatable bonds is 4. The minimum atomic E-state index is -0.529. The third-order valence-electron chi connectivity index (χ3n) is 3.13. The first kappa shape index (κ1) is 17.4. The van der Waals surface area contributed by atoms with Gasteiger partial charge in [0.05, 0.1) is 12.7 Å². The maximum atomic E-state index is 12.2. The molecule has 1 amide bonds. The first-order valence-corrected chi connectivity index (χ1v) is 7.70. The second kappa shape index (κ2) is 8.09. The van der Waals surface area contributed by atoms with Gasteiger partial charge in [-0.3, -0.25) is 4.79 Å². The predicted octanol–water partition coefficient (Wildman–Crippen LogP) is 3.78. The molecule has 5 nitrogen and oxygen atoms in total. The van der Waals surface area contributed by atoms with E-state index in [9.17, 15) is 14.9 Å². The van der Waals surface area contributed by atoms with Crippen LogP contribution in [0, 0.1) is 11.3 Å². The Hall–Kier alpha value is -2.91. The summed E-state index contributed by atoms with van der Waals surface area (Å²) in [6, 6.07) is 15.4. The number of anilines is 1. The van der Waals surface area contributed by atoms with Crippen molar-refractivity contribution in [3.05, 3.63) is 69.7 Å². The van der Waals surface area contributed by atoms with Gasteiger partial charge < -0.3 is 10.1 Å². The van der Waals surface area contributed by atoms with Gasteiger partial charge in [-0.2, -0.15) is 5.26 Å². The molecule has 0 aliphatic heterocycles. The van der Waals surface area contributed by atoms with Crippen LogP contribution in [0.2, 0.25) is 0 Å². The summed E-state index contributed by atoms with van der Waals surface area (Å²) in [7, 11) is 1.30. The van der Waals surface area contributed by atoms with Crippen LogP contribution in [0.1, 0.15) is 15.9 Å². The third-order valence-corrected chi connectivity index (χ3v) is 3.86. The summed E-state index contributed by atoms with van der Waals surface area (Å²) >= 11 is 3.37. The van der Waals surface area contributed by atoms with E-state index >= 15 is 0 Å². The number of nitriles is 1. The Morgan fingerprint density at radius 1 is 1.17 bits per heavy atom. The van der Waals surface area contributed by atoms with Gasteiger partial charge in [0.1, 0.15) is 11.6 Å². The summed E-state index contributed by atoms with van der Waals surface area (Å²) in [4.78, 5) is 23.6. The van der Waals surface area contributed by atoms with E-state index in [2.05, 4.69) is 26.0 Å². The van der Waals surface area contributed by atoms with Crippen LogP contribution in [0.4, 0.5) is 5.69 Å². The van der Waals surface area contributed by atoms with Crippen LogP contribution in [0.25, 0.3) is 6.08 Å². The molecular formula is C18H13BrN2O3. The summed E-state index contributed by atoms with van der Waals surface area (Å²) in [6.07, 6.45) is 1.50. The van der Waals surface area contributed by atoms with Gasteiger partial charge in [-0.25, -0.2) is 4.79 Å². The van der Waals surface area contributed by atoms with Crippen LogP contribution in [0.15, 0.2) is 58.6 Å². The fourth-order valence-corrected chi connectivity index (χ4v) is 2.30. The van der Waals surface area contributed by atoms with Gasteiger partial charge in [-0.1, -0.05) is 34.1 Å². The lowest BCUT2D eigenvalue weighted by molar-refractivity contribution is -0.112. The lowest BCUT2D eigenvalue weighted by Crippen LogP contribution is -2.13. The van der Waals surface area contributed by atoms with Crippen LogP contribution >= 0.6 is 15.9 Å². The molecule has 0 unspecified atom stereocenters. The van der Waals surface area contributed by atoms with Gasteiger partial charge in [0.15, 0.2) is 0 Å². The number of esters is 1. The van der Waals surface area contributed by atoms with E-state index in [-0.39, 0.29) is 5.57 Å². The number of benzene rings is 2. The van der Waals surface area contributed by atoms with Crippen molar-refractivity contribution >= 4 is 39.6 Å². The van der Waals surface area contributed by atoms with E-state index in [1.54, 1.807) is 18.2 Å². The Bertz CT molecular complexity index is 836. The molecule has 0 fully saturated rings. The topological polar surface area (TPSA) is 79.2 Å². The number of nitrogens with zero attached hydrogens (tertiary/aromatic N) is 1. The summed E-state index contributed by atoms with van der Waals surface area (Å²) in [5, 5.41) is 11.8. The van der Waals surface area contributed by atoms with E-state index in [1.807, 2.05) is 24.3 Å². The second-order valence-electron chi connectivity index (χ2n) is 4.71. The number of hydrogen-bond donors (Lipinski definition) is 1. The summed E-state index contributed by atoms with van der Waals surface area (Å²) in [6.45, 7) is 0. The summed E-state index contributed by atoms with van der Waals surface area (Å²) in [5.74, 6) is -0.988. The molecule has 0 saturated heterocycles. The minimum absolute atomic E-state index is 0.0288. The molecule has 120 valence electrons. The number of amides is 1. The molecule has 6 heteroatoms. The standard InChI is InChI=1S/C18H13BrN2O3/c1-24-18(23)12-6-8-15(9-7-12)21-17(22)14(11-20)10-13-4-2-3-5-16(13)19/h2-10H,1H3,(H,21,22)/b14-10-. The van der Waals surface area contributed by atoms with Crippen LogP contribution < -0.4 is 5.32 Å². The van der Waals surface area contributed by atoms with Crippen LogP contribution in [-0.2, 0) is 9.53 Å². The van der Waals surface area contributed by atoms with Gasteiger partial charge in [0, 0.05) is 10.2 Å². The molecule has 1 N–H and O–H groups in total. The van der Waals surface area contributed by atoms with Crippen molar-refractivity contribution in [2.45, 2.75) is 0 Å². The highest BCUT2D eigenvalue weighted by Crippen LogP contribution is 2.19. The van der Waals surface area contributed by atoms with Crippen molar-refractivity contribution in [2.24, 2.45) is 0 Å². The van der Waals surface area contributed by atoms with E-state index in [4.69, 9.17) is 0 Å². The molecule has 0 aliphatic rings. The Balaban J connectivity index is 2.17. The zero-order valence-electron chi connectivity index (χ0n) is 12.7. The van der Waals surface area contributed by atoms with Gasteiger partial charge in [0.25, 0.3) is 5.91 Å². The fraction of sp³-hybridized carbons (Fsp3) is 0.0556. The van der Waals surface area contributed by atoms with Crippen molar-refractivity contribution in [1.29, 1.82) is 5.26 Å². The molecule has 2 aromatic carbocycles. The highest BCUT2D eigenvalue weighted by atomic mass is 79.9. The van der Waals surface area contributed by atoms with Crippen LogP contribution in [0.5, 0.6) is 0 Å². The Morgan fingerprint density at radius 3 is 2.42 bits per heavy atom. The molecule has 0 atom stereocenters. The average Bonchev–Trinajstić information content (AvgIpc) is 2.61. The molecule has 0 heterocycles. The number of halogens is 1. The molecular weight excluding hydrogens is 372 g/mol. The van der Waals surface area contributed by atoms with Gasteiger partial charge in [0.2, 0.25) is 0 Å². The molecule has 0 spiro atoms. The normalized spacial score (nSPS) is 10.6. The molecule has 0 bridgehead atoms. The largest absolute Gasteiger partial charge is 0.465 e. The Kier molecular flexibility index (Phi) is 5.88. The molecule has 2 rings (SSSR count). The quantitative estimate of drug-likeness (QED) is 0.494. The van der Waals surface area contributed by atoms with E-state index < -0.39 is 11.9 Å². The van der Waals surface area contributed by atoms with Gasteiger partial charge >= 0.3 is 5.97 Å². The van der Waals surface area contributed by atoms with Crippen molar-refractivity contribution in [3.63, 3.8) is 0 Å². The first-order valence-electron chi connectivity index (χ1n) is 6.91. The smallest absolute Gasteiger partial charge is 0.337 e. The number of nitrogens with one attached hydrogen (secondary N) is 1. The van der Waals surface area contributed by atoms with E-state index in [1.165, 1.54) is 25.3 Å². The van der Waals surface area contributed by atoms with Crippen molar-refractivity contribution in [1.82, 2.24) is 0 Å². The Labute approximate surface area is 147 Å². The second-order valence-corrected chi connectivity index (χ2v) is 5.57. The number of hydrogen-bond acceptors (Lipinski definition) is 4. The number of ether oxygens (including phenoxy) is 1. The highest BCUT2D eigenvalue weighted by Gasteiger charge is 2.11. The summed E-state index contributed by atoms with van der Waals surface area (Å²) < 4.78 is 5.39. The maximum absolute atomic E-state index is 12.2. The van der Waals surface area contributed by atoms with E-state index in [0.29, 0.717) is 11.3 Å². The molecule has 0 aromatic heterocycles. The zero-order valence-corrected chi connectivity index (χ0v) is 14.3. The average molecular weight is 385 g/mol. The predicted molar refractivity (Wildman–Crippen MR) is 94.1 cm³/mol.